The summed E-state index contributed by atoms with van der Waals surface area (Å²) in [6.45, 7) is 4.40. The first-order chi connectivity index (χ1) is 10.3. The van der Waals surface area contributed by atoms with E-state index in [2.05, 4.69) is 17.6 Å². The topological polar surface area (TPSA) is 50.4 Å². The quantitative estimate of drug-likeness (QED) is 0.757. The number of carbonyl (C=O) groups excluding carboxylic acids is 1. The number of amides is 1. The summed E-state index contributed by atoms with van der Waals surface area (Å²) >= 11 is 0. The smallest absolute Gasteiger partial charge is 0.237 e. The number of piperidine rings is 1. The van der Waals surface area contributed by atoms with Crippen LogP contribution in [0.15, 0.2) is 24.3 Å². The number of unbranched alkanes of at least 4 members (excludes halogenated alkanes) is 1. The molecule has 0 saturated carbocycles. The fourth-order valence-electron chi connectivity index (χ4n) is 2.47. The van der Waals surface area contributed by atoms with Crippen molar-refractivity contribution in [2.24, 2.45) is 0 Å². The first-order valence-electron chi connectivity index (χ1n) is 8.02. The molecule has 1 fully saturated rings. The van der Waals surface area contributed by atoms with Crippen molar-refractivity contribution < 1.29 is 9.53 Å². The average Bonchev–Trinajstić information content (AvgIpc) is 2.54. The van der Waals surface area contributed by atoms with Gasteiger partial charge in [0.15, 0.2) is 0 Å². The summed E-state index contributed by atoms with van der Waals surface area (Å²) in [5, 5.41) is 6.27. The van der Waals surface area contributed by atoms with Crippen LogP contribution in [0.4, 0.5) is 0 Å². The summed E-state index contributed by atoms with van der Waals surface area (Å²) in [5.74, 6) is 0.984. The zero-order valence-electron chi connectivity index (χ0n) is 13.3. The molecule has 1 aromatic rings. The van der Waals surface area contributed by atoms with Gasteiger partial charge in [0.2, 0.25) is 5.91 Å². The highest BCUT2D eigenvalue weighted by Gasteiger charge is 2.19. The Labute approximate surface area is 139 Å². The standard InChI is InChI=1S/C17H26N2O2.ClH/c1-2-3-11-21-15-8-6-7-14(12-15)13-19-17(20)16-9-4-5-10-18-16;/h6-8,12,16,18H,2-5,9-11,13H2,1H3,(H,19,20);1H. The lowest BCUT2D eigenvalue weighted by atomic mass is 10.0. The zero-order chi connectivity index (χ0) is 14.9. The fourth-order valence-corrected chi connectivity index (χ4v) is 2.47. The molecule has 1 aromatic carbocycles. The van der Waals surface area contributed by atoms with E-state index in [0.717, 1.165) is 50.1 Å². The normalized spacial score (nSPS) is 17.4. The van der Waals surface area contributed by atoms with Gasteiger partial charge in [-0.2, -0.15) is 0 Å². The van der Waals surface area contributed by atoms with E-state index in [9.17, 15) is 4.79 Å². The van der Waals surface area contributed by atoms with Gasteiger partial charge in [0.1, 0.15) is 5.75 Å². The van der Waals surface area contributed by atoms with E-state index in [1.807, 2.05) is 24.3 Å². The molecule has 5 heteroatoms. The molecular weight excluding hydrogens is 300 g/mol. The molecule has 0 aromatic heterocycles. The molecule has 2 rings (SSSR count). The van der Waals surface area contributed by atoms with Gasteiger partial charge in [0.05, 0.1) is 12.6 Å². The van der Waals surface area contributed by atoms with Crippen molar-refractivity contribution in [1.82, 2.24) is 10.6 Å². The predicted octanol–water partition coefficient (Wildman–Crippen LogP) is 3.05. The maximum Gasteiger partial charge on any atom is 0.237 e. The lowest BCUT2D eigenvalue weighted by molar-refractivity contribution is -0.123. The summed E-state index contributed by atoms with van der Waals surface area (Å²) in [5.41, 5.74) is 1.08. The summed E-state index contributed by atoms with van der Waals surface area (Å²) in [6.07, 6.45) is 5.43. The minimum Gasteiger partial charge on any atom is -0.494 e. The maximum absolute atomic E-state index is 12.1. The van der Waals surface area contributed by atoms with Crippen LogP contribution in [0.2, 0.25) is 0 Å². The van der Waals surface area contributed by atoms with Crippen LogP contribution in [0.3, 0.4) is 0 Å². The minimum absolute atomic E-state index is 0. The predicted molar refractivity (Wildman–Crippen MR) is 91.6 cm³/mol. The molecule has 0 radical (unpaired) electrons. The minimum atomic E-state index is -0.0252. The highest BCUT2D eigenvalue weighted by atomic mass is 35.5. The van der Waals surface area contributed by atoms with Crippen LogP contribution in [0.5, 0.6) is 5.75 Å². The number of nitrogens with one attached hydrogen (secondary N) is 2. The Morgan fingerprint density at radius 2 is 2.27 bits per heavy atom. The van der Waals surface area contributed by atoms with Gasteiger partial charge < -0.3 is 15.4 Å². The summed E-state index contributed by atoms with van der Waals surface area (Å²) in [7, 11) is 0. The van der Waals surface area contributed by atoms with Crippen molar-refractivity contribution in [2.75, 3.05) is 13.2 Å². The first kappa shape index (κ1) is 18.8. The van der Waals surface area contributed by atoms with Crippen LogP contribution in [0.25, 0.3) is 0 Å². The Kier molecular flexibility index (Phi) is 8.94. The molecule has 1 saturated heterocycles. The number of hydrogen-bond donors (Lipinski definition) is 2. The molecule has 124 valence electrons. The van der Waals surface area contributed by atoms with Gasteiger partial charge in [-0.3, -0.25) is 4.79 Å². The highest BCUT2D eigenvalue weighted by molar-refractivity contribution is 5.85. The van der Waals surface area contributed by atoms with Crippen LogP contribution >= 0.6 is 12.4 Å². The number of ether oxygens (including phenoxy) is 1. The summed E-state index contributed by atoms with van der Waals surface area (Å²) in [4.78, 5) is 12.1. The van der Waals surface area contributed by atoms with Crippen molar-refractivity contribution >= 4 is 18.3 Å². The molecule has 1 atom stereocenters. The van der Waals surface area contributed by atoms with Crippen molar-refractivity contribution in [3.63, 3.8) is 0 Å². The third kappa shape index (κ3) is 6.24. The molecule has 0 aliphatic carbocycles. The number of rotatable bonds is 7. The monoisotopic (exact) mass is 326 g/mol. The van der Waals surface area contributed by atoms with E-state index < -0.39 is 0 Å². The molecule has 1 unspecified atom stereocenters. The SMILES string of the molecule is CCCCOc1cccc(CNC(=O)C2CCCCN2)c1.Cl. The average molecular weight is 327 g/mol. The molecule has 0 bridgehead atoms. The molecule has 2 N–H and O–H groups in total. The Hall–Kier alpha value is -1.26. The van der Waals surface area contributed by atoms with E-state index in [-0.39, 0.29) is 24.4 Å². The van der Waals surface area contributed by atoms with Crippen molar-refractivity contribution in [1.29, 1.82) is 0 Å². The second-order valence-corrected chi connectivity index (χ2v) is 5.57. The van der Waals surface area contributed by atoms with Gasteiger partial charge in [-0.15, -0.1) is 12.4 Å². The Balaban J connectivity index is 0.00000242. The third-order valence-electron chi connectivity index (χ3n) is 3.76. The van der Waals surface area contributed by atoms with Crippen LogP contribution in [-0.4, -0.2) is 25.1 Å². The van der Waals surface area contributed by atoms with Crippen molar-refractivity contribution in [3.8, 4) is 5.75 Å². The number of benzene rings is 1. The van der Waals surface area contributed by atoms with E-state index >= 15 is 0 Å². The van der Waals surface area contributed by atoms with Gasteiger partial charge in [0.25, 0.3) is 0 Å². The molecule has 0 spiro atoms. The molecular formula is C17H27ClN2O2. The van der Waals surface area contributed by atoms with E-state index in [0.29, 0.717) is 6.54 Å². The van der Waals surface area contributed by atoms with Crippen LogP contribution in [0, 0.1) is 0 Å². The van der Waals surface area contributed by atoms with Crippen LogP contribution < -0.4 is 15.4 Å². The highest BCUT2D eigenvalue weighted by Crippen LogP contribution is 2.14. The van der Waals surface area contributed by atoms with Gasteiger partial charge >= 0.3 is 0 Å². The van der Waals surface area contributed by atoms with Gasteiger partial charge in [0, 0.05) is 6.54 Å². The Bertz CT molecular complexity index is 448. The van der Waals surface area contributed by atoms with Crippen LogP contribution in [0.1, 0.15) is 44.6 Å². The van der Waals surface area contributed by atoms with Gasteiger partial charge in [-0.1, -0.05) is 31.9 Å². The van der Waals surface area contributed by atoms with Crippen molar-refractivity contribution in [2.45, 2.75) is 51.6 Å². The van der Waals surface area contributed by atoms with E-state index in [4.69, 9.17) is 4.74 Å². The molecule has 1 aliphatic rings. The molecule has 4 nitrogen and oxygen atoms in total. The fraction of sp³-hybridized carbons (Fsp3) is 0.588. The second kappa shape index (κ2) is 10.5. The molecule has 1 aliphatic heterocycles. The number of halogens is 1. The van der Waals surface area contributed by atoms with E-state index in [1.54, 1.807) is 0 Å². The number of hydrogen-bond acceptors (Lipinski definition) is 3. The number of carbonyl (C=O) groups is 1. The summed E-state index contributed by atoms with van der Waals surface area (Å²) in [6, 6.07) is 7.93. The lowest BCUT2D eigenvalue weighted by Crippen LogP contribution is -2.46. The maximum atomic E-state index is 12.1. The van der Waals surface area contributed by atoms with Crippen LogP contribution in [-0.2, 0) is 11.3 Å². The largest absolute Gasteiger partial charge is 0.494 e. The third-order valence-corrected chi connectivity index (χ3v) is 3.76. The molecule has 1 heterocycles. The molecule has 22 heavy (non-hydrogen) atoms. The van der Waals surface area contributed by atoms with Gasteiger partial charge in [-0.25, -0.2) is 0 Å². The second-order valence-electron chi connectivity index (χ2n) is 5.57. The van der Waals surface area contributed by atoms with Gasteiger partial charge in [-0.05, 0) is 43.5 Å². The Morgan fingerprint density at radius 1 is 1.41 bits per heavy atom. The zero-order valence-corrected chi connectivity index (χ0v) is 14.1. The van der Waals surface area contributed by atoms with Crippen molar-refractivity contribution in [3.05, 3.63) is 29.8 Å². The van der Waals surface area contributed by atoms with E-state index in [1.165, 1.54) is 6.42 Å². The first-order valence-corrected chi connectivity index (χ1v) is 8.02. The molecule has 1 amide bonds. The lowest BCUT2D eigenvalue weighted by Gasteiger charge is -2.22. The summed E-state index contributed by atoms with van der Waals surface area (Å²) < 4.78 is 5.69. The Morgan fingerprint density at radius 3 is 3.00 bits per heavy atom.